The molecule has 0 bridgehead atoms. The molecule has 2 amide bonds. The lowest BCUT2D eigenvalue weighted by atomic mass is 10.1. The summed E-state index contributed by atoms with van der Waals surface area (Å²) in [5.41, 5.74) is 4.02. The van der Waals surface area contributed by atoms with E-state index in [4.69, 9.17) is 27.9 Å². The minimum absolute atomic E-state index is 0.215. The molecule has 1 aliphatic rings. The Morgan fingerprint density at radius 2 is 2.04 bits per heavy atom. The Balaban J connectivity index is 1.52. The molecule has 6 nitrogen and oxygen atoms in total. The molecule has 0 aliphatic carbocycles. The van der Waals surface area contributed by atoms with Gasteiger partial charge in [0, 0.05) is 17.1 Å². The minimum Gasteiger partial charge on any atom is -0.492 e. The highest BCUT2D eigenvalue weighted by atomic mass is 35.5. The summed E-state index contributed by atoms with van der Waals surface area (Å²) < 4.78 is 5.58. The van der Waals surface area contributed by atoms with Crippen LogP contribution >= 0.6 is 23.2 Å². The number of ether oxygens (including phenoxy) is 1. The number of carbonyl (C=O) groups excluding carboxylic acids is 2. The molecule has 28 heavy (non-hydrogen) atoms. The van der Waals surface area contributed by atoms with Crippen LogP contribution in [0.4, 0.5) is 5.69 Å². The van der Waals surface area contributed by atoms with Crippen molar-refractivity contribution in [2.75, 3.05) is 11.9 Å². The number of hydrogen-bond donors (Lipinski definition) is 2. The van der Waals surface area contributed by atoms with Gasteiger partial charge < -0.3 is 10.1 Å². The first-order chi connectivity index (χ1) is 13.5. The maximum Gasteiger partial charge on any atom is 0.276 e. The Kier molecular flexibility index (Phi) is 6.65. The second kappa shape index (κ2) is 9.17. The van der Waals surface area contributed by atoms with Gasteiger partial charge in [0.05, 0.1) is 17.2 Å². The topological polar surface area (TPSA) is 70.7 Å². The molecule has 1 unspecified atom stereocenters. The van der Waals surface area contributed by atoms with Gasteiger partial charge in [-0.1, -0.05) is 42.3 Å². The van der Waals surface area contributed by atoms with Crippen LogP contribution in [-0.2, 0) is 4.79 Å². The van der Waals surface area contributed by atoms with Crippen molar-refractivity contribution in [1.82, 2.24) is 10.4 Å². The zero-order chi connectivity index (χ0) is 20.1. The van der Waals surface area contributed by atoms with Crippen molar-refractivity contribution in [2.24, 2.45) is 0 Å². The van der Waals surface area contributed by atoms with E-state index in [1.54, 1.807) is 30.3 Å². The predicted molar refractivity (Wildman–Crippen MR) is 110 cm³/mol. The van der Waals surface area contributed by atoms with Crippen LogP contribution in [0.25, 0.3) is 0 Å². The third-order valence-corrected chi connectivity index (χ3v) is 4.87. The number of nitrogens with zero attached hydrogens (tertiary/aromatic N) is 1. The quantitative estimate of drug-likeness (QED) is 0.646. The van der Waals surface area contributed by atoms with Crippen molar-refractivity contribution in [3.8, 4) is 5.75 Å². The van der Waals surface area contributed by atoms with E-state index in [2.05, 4.69) is 10.7 Å². The van der Waals surface area contributed by atoms with Gasteiger partial charge in [-0.3, -0.25) is 15.0 Å². The van der Waals surface area contributed by atoms with Gasteiger partial charge in [0.2, 0.25) is 5.91 Å². The Morgan fingerprint density at radius 3 is 2.79 bits per heavy atom. The number of rotatable bonds is 7. The Bertz CT molecular complexity index is 876. The van der Waals surface area contributed by atoms with Gasteiger partial charge in [-0.2, -0.15) is 0 Å². The third kappa shape index (κ3) is 4.69. The van der Waals surface area contributed by atoms with E-state index in [-0.39, 0.29) is 24.4 Å². The smallest absolute Gasteiger partial charge is 0.276 e. The van der Waals surface area contributed by atoms with Crippen LogP contribution < -0.4 is 15.5 Å². The molecular weight excluding hydrogens is 401 g/mol. The molecule has 148 valence electrons. The summed E-state index contributed by atoms with van der Waals surface area (Å²) in [5.74, 6) is 0.0436. The zero-order valence-electron chi connectivity index (χ0n) is 15.4. The second-order valence-corrected chi connectivity index (χ2v) is 7.19. The molecule has 3 rings (SSSR count). The van der Waals surface area contributed by atoms with Crippen molar-refractivity contribution in [3.05, 3.63) is 58.1 Å². The van der Waals surface area contributed by atoms with Gasteiger partial charge >= 0.3 is 0 Å². The number of carbonyl (C=O) groups is 2. The van der Waals surface area contributed by atoms with E-state index in [0.717, 1.165) is 5.69 Å². The SMILES string of the molecule is CCC1Nc2ccccc2C(=O)N1NC(=O)CCCOc1ccc(Cl)cc1Cl. The summed E-state index contributed by atoms with van der Waals surface area (Å²) in [5, 5.41) is 5.59. The highest BCUT2D eigenvalue weighted by Gasteiger charge is 2.31. The van der Waals surface area contributed by atoms with Gasteiger partial charge in [0.25, 0.3) is 5.91 Å². The Morgan fingerprint density at radius 1 is 1.25 bits per heavy atom. The normalized spacial score (nSPS) is 15.6. The van der Waals surface area contributed by atoms with Crippen molar-refractivity contribution >= 4 is 40.7 Å². The first kappa shape index (κ1) is 20.3. The minimum atomic E-state index is -0.296. The Hall–Kier alpha value is -2.44. The highest BCUT2D eigenvalue weighted by molar-refractivity contribution is 6.35. The molecule has 8 heteroatoms. The van der Waals surface area contributed by atoms with Crippen molar-refractivity contribution in [1.29, 1.82) is 0 Å². The molecule has 0 saturated carbocycles. The number of amides is 2. The van der Waals surface area contributed by atoms with Crippen LogP contribution in [0.15, 0.2) is 42.5 Å². The van der Waals surface area contributed by atoms with Crippen LogP contribution in [0, 0.1) is 0 Å². The predicted octanol–water partition coefficient (Wildman–Crippen LogP) is 4.49. The second-order valence-electron chi connectivity index (χ2n) is 6.35. The monoisotopic (exact) mass is 421 g/mol. The van der Waals surface area contributed by atoms with Gasteiger partial charge in [0.15, 0.2) is 0 Å². The number of benzene rings is 2. The largest absolute Gasteiger partial charge is 0.492 e. The van der Waals surface area contributed by atoms with Crippen molar-refractivity contribution < 1.29 is 14.3 Å². The van der Waals surface area contributed by atoms with E-state index in [1.165, 1.54) is 5.01 Å². The van der Waals surface area contributed by atoms with Crippen LogP contribution in [0.5, 0.6) is 5.75 Å². The molecule has 0 aromatic heterocycles. The highest BCUT2D eigenvalue weighted by Crippen LogP contribution is 2.28. The van der Waals surface area contributed by atoms with E-state index in [1.807, 2.05) is 19.1 Å². The van der Waals surface area contributed by atoms with E-state index < -0.39 is 0 Å². The molecule has 2 aromatic rings. The van der Waals surface area contributed by atoms with Gasteiger partial charge in [-0.25, -0.2) is 5.01 Å². The number of para-hydroxylation sites is 1. The zero-order valence-corrected chi connectivity index (χ0v) is 16.9. The van der Waals surface area contributed by atoms with E-state index >= 15 is 0 Å². The summed E-state index contributed by atoms with van der Waals surface area (Å²) in [6, 6.07) is 12.2. The maximum atomic E-state index is 12.7. The fourth-order valence-corrected chi connectivity index (χ4v) is 3.38. The first-order valence-corrected chi connectivity index (χ1v) is 9.81. The Labute approximate surface area is 173 Å². The van der Waals surface area contributed by atoms with Crippen LogP contribution in [0.2, 0.25) is 10.0 Å². The third-order valence-electron chi connectivity index (χ3n) is 4.34. The van der Waals surface area contributed by atoms with Gasteiger partial charge in [-0.05, 0) is 43.2 Å². The van der Waals surface area contributed by atoms with Crippen LogP contribution in [-0.4, -0.2) is 29.6 Å². The summed E-state index contributed by atoms with van der Waals surface area (Å²) >= 11 is 11.9. The number of nitrogens with one attached hydrogen (secondary N) is 2. The van der Waals surface area contributed by atoms with Crippen LogP contribution in [0.1, 0.15) is 36.5 Å². The molecule has 0 spiro atoms. The van der Waals surface area contributed by atoms with Gasteiger partial charge in [0.1, 0.15) is 11.9 Å². The van der Waals surface area contributed by atoms with Gasteiger partial charge in [-0.15, -0.1) is 0 Å². The number of fused-ring (bicyclic) bond motifs is 1. The fraction of sp³-hybridized carbons (Fsp3) is 0.300. The molecule has 1 atom stereocenters. The first-order valence-electron chi connectivity index (χ1n) is 9.06. The molecule has 0 radical (unpaired) electrons. The molecule has 0 fully saturated rings. The average molecular weight is 422 g/mol. The summed E-state index contributed by atoms with van der Waals surface area (Å²) in [6.45, 7) is 2.27. The lowest BCUT2D eigenvalue weighted by Gasteiger charge is -2.37. The number of halogens is 2. The van der Waals surface area contributed by atoms with E-state index in [0.29, 0.717) is 40.8 Å². The van der Waals surface area contributed by atoms with Crippen LogP contribution in [0.3, 0.4) is 0 Å². The number of anilines is 1. The standard InChI is InChI=1S/C20H21Cl2N3O3/c1-2-18-23-16-7-4-3-6-14(16)20(27)25(18)24-19(26)8-5-11-28-17-10-9-13(21)12-15(17)22/h3-4,6-7,9-10,12,18,23H,2,5,8,11H2,1H3,(H,24,26). The lowest BCUT2D eigenvalue weighted by Crippen LogP contribution is -2.57. The number of hydrogen-bond acceptors (Lipinski definition) is 4. The molecule has 0 saturated heterocycles. The molecule has 1 aliphatic heterocycles. The average Bonchev–Trinajstić information content (AvgIpc) is 2.68. The summed E-state index contributed by atoms with van der Waals surface area (Å²) in [6.07, 6.45) is 1.05. The van der Waals surface area contributed by atoms with Crippen molar-refractivity contribution in [3.63, 3.8) is 0 Å². The summed E-state index contributed by atoms with van der Waals surface area (Å²) in [7, 11) is 0. The molecule has 1 heterocycles. The molecule has 2 N–H and O–H groups in total. The maximum absolute atomic E-state index is 12.7. The fourth-order valence-electron chi connectivity index (χ4n) is 2.92. The summed E-state index contributed by atoms with van der Waals surface area (Å²) in [4.78, 5) is 25.0. The molecule has 2 aromatic carbocycles. The molecular formula is C20H21Cl2N3O3. The van der Waals surface area contributed by atoms with Crippen molar-refractivity contribution in [2.45, 2.75) is 32.4 Å². The number of hydrazine groups is 1. The van der Waals surface area contributed by atoms with E-state index in [9.17, 15) is 9.59 Å². The lowest BCUT2D eigenvalue weighted by molar-refractivity contribution is -0.126.